The molecule has 0 fully saturated rings. The van der Waals surface area contributed by atoms with E-state index < -0.39 is 0 Å². The Morgan fingerprint density at radius 2 is 2.21 bits per heavy atom. The van der Waals surface area contributed by atoms with Crippen molar-refractivity contribution in [3.63, 3.8) is 0 Å². The Balaban J connectivity index is 1.95. The van der Waals surface area contributed by atoms with E-state index in [1.807, 2.05) is 11.3 Å². The average molecular weight is 272 g/mol. The minimum Gasteiger partial charge on any atom is -0.364 e. The van der Waals surface area contributed by atoms with Gasteiger partial charge in [-0.05, 0) is 54.5 Å². The van der Waals surface area contributed by atoms with Crippen LogP contribution in [-0.4, -0.2) is 6.54 Å². The maximum absolute atomic E-state index is 5.71. The van der Waals surface area contributed by atoms with Gasteiger partial charge in [0, 0.05) is 23.7 Å². The topological polar surface area (TPSA) is 29.3 Å². The zero-order chi connectivity index (χ0) is 13.4. The van der Waals surface area contributed by atoms with Gasteiger partial charge in [0.05, 0.1) is 6.04 Å². The number of rotatable bonds is 2. The largest absolute Gasteiger partial charge is 0.364 e. The van der Waals surface area contributed by atoms with Crippen LogP contribution < -0.4 is 10.6 Å². The summed E-state index contributed by atoms with van der Waals surface area (Å²) in [7, 11) is 0. The van der Waals surface area contributed by atoms with Crippen LogP contribution in [0, 0.1) is 6.92 Å². The Bertz CT molecular complexity index is 588. The maximum Gasteiger partial charge on any atom is 0.0525 e. The van der Waals surface area contributed by atoms with Gasteiger partial charge in [-0.1, -0.05) is 12.1 Å². The van der Waals surface area contributed by atoms with Crippen molar-refractivity contribution in [2.75, 3.05) is 11.4 Å². The first-order valence-electron chi connectivity index (χ1n) is 6.83. The highest BCUT2D eigenvalue weighted by molar-refractivity contribution is 7.10. The summed E-state index contributed by atoms with van der Waals surface area (Å²) < 4.78 is 0. The quantitative estimate of drug-likeness (QED) is 0.904. The van der Waals surface area contributed by atoms with Crippen molar-refractivity contribution >= 4 is 17.0 Å². The monoisotopic (exact) mass is 272 g/mol. The van der Waals surface area contributed by atoms with E-state index in [2.05, 4.69) is 48.4 Å². The van der Waals surface area contributed by atoms with Crippen molar-refractivity contribution < 1.29 is 0 Å². The number of hydrogen-bond acceptors (Lipinski definition) is 3. The van der Waals surface area contributed by atoms with Crippen molar-refractivity contribution in [3.8, 4) is 0 Å². The Labute approximate surface area is 118 Å². The standard InChI is InChI=1S/C16H20N2S/c1-11-9-13(10-17)3-4-15(11)18-7-5-16-14(12(18)2)6-8-19-16/h3-4,6,8-9,12H,5,7,10,17H2,1-2H3. The highest BCUT2D eigenvalue weighted by Crippen LogP contribution is 2.37. The molecule has 0 radical (unpaired) electrons. The summed E-state index contributed by atoms with van der Waals surface area (Å²) in [5, 5.41) is 2.22. The number of fused-ring (bicyclic) bond motifs is 1. The molecule has 1 aromatic heterocycles. The van der Waals surface area contributed by atoms with E-state index in [4.69, 9.17) is 5.73 Å². The van der Waals surface area contributed by atoms with Gasteiger partial charge in [-0.3, -0.25) is 0 Å². The molecular formula is C16H20N2S. The molecule has 100 valence electrons. The van der Waals surface area contributed by atoms with Gasteiger partial charge in [0.25, 0.3) is 0 Å². The average Bonchev–Trinajstić information content (AvgIpc) is 2.89. The van der Waals surface area contributed by atoms with Crippen LogP contribution in [0.15, 0.2) is 29.6 Å². The van der Waals surface area contributed by atoms with E-state index in [1.54, 1.807) is 4.88 Å². The van der Waals surface area contributed by atoms with E-state index in [0.29, 0.717) is 12.6 Å². The molecule has 1 aromatic carbocycles. The summed E-state index contributed by atoms with van der Waals surface area (Å²) in [5.41, 5.74) is 11.1. The fraction of sp³-hybridized carbons (Fsp3) is 0.375. The number of benzene rings is 1. The molecule has 19 heavy (non-hydrogen) atoms. The van der Waals surface area contributed by atoms with E-state index in [0.717, 1.165) is 13.0 Å². The third-order valence-corrected chi connectivity index (χ3v) is 5.08. The molecule has 3 rings (SSSR count). The summed E-state index contributed by atoms with van der Waals surface area (Å²) in [6.45, 7) is 6.22. The van der Waals surface area contributed by atoms with Gasteiger partial charge in [0.1, 0.15) is 0 Å². The smallest absolute Gasteiger partial charge is 0.0525 e. The molecule has 0 amide bonds. The van der Waals surface area contributed by atoms with E-state index in [-0.39, 0.29) is 0 Å². The van der Waals surface area contributed by atoms with Gasteiger partial charge in [-0.2, -0.15) is 0 Å². The molecule has 2 N–H and O–H groups in total. The number of aryl methyl sites for hydroxylation is 1. The van der Waals surface area contributed by atoms with Gasteiger partial charge in [0.2, 0.25) is 0 Å². The predicted molar refractivity (Wildman–Crippen MR) is 82.9 cm³/mol. The fourth-order valence-electron chi connectivity index (χ4n) is 3.01. The lowest BCUT2D eigenvalue weighted by Crippen LogP contribution is -2.33. The molecule has 0 aliphatic carbocycles. The fourth-order valence-corrected chi connectivity index (χ4v) is 3.97. The summed E-state index contributed by atoms with van der Waals surface area (Å²) in [6.07, 6.45) is 1.16. The van der Waals surface area contributed by atoms with Crippen molar-refractivity contribution in [2.45, 2.75) is 32.9 Å². The third-order valence-electron chi connectivity index (χ3n) is 4.08. The predicted octanol–water partition coefficient (Wildman–Crippen LogP) is 3.64. The Morgan fingerprint density at radius 3 is 2.95 bits per heavy atom. The molecule has 1 aliphatic heterocycles. The second-order valence-corrected chi connectivity index (χ2v) is 6.24. The van der Waals surface area contributed by atoms with Crippen LogP contribution in [0.2, 0.25) is 0 Å². The summed E-state index contributed by atoms with van der Waals surface area (Å²) in [4.78, 5) is 4.07. The van der Waals surface area contributed by atoms with Crippen LogP contribution in [0.5, 0.6) is 0 Å². The first-order chi connectivity index (χ1) is 9.20. The lowest BCUT2D eigenvalue weighted by atomic mass is 9.99. The molecule has 0 saturated carbocycles. The molecular weight excluding hydrogens is 252 g/mol. The number of thiophene rings is 1. The number of anilines is 1. The van der Waals surface area contributed by atoms with Crippen molar-refractivity contribution in [3.05, 3.63) is 51.2 Å². The zero-order valence-corrected chi connectivity index (χ0v) is 12.3. The van der Waals surface area contributed by atoms with E-state index in [1.165, 1.54) is 22.4 Å². The normalized spacial score (nSPS) is 18.5. The SMILES string of the molecule is Cc1cc(CN)ccc1N1CCc2sccc2C1C. The molecule has 1 atom stereocenters. The summed E-state index contributed by atoms with van der Waals surface area (Å²) >= 11 is 1.89. The molecule has 3 heteroatoms. The van der Waals surface area contributed by atoms with Crippen molar-refractivity contribution in [1.29, 1.82) is 0 Å². The number of nitrogens with zero attached hydrogens (tertiary/aromatic N) is 1. The molecule has 0 spiro atoms. The van der Waals surface area contributed by atoms with Crippen LogP contribution in [0.25, 0.3) is 0 Å². The lowest BCUT2D eigenvalue weighted by molar-refractivity contribution is 0.631. The summed E-state index contributed by atoms with van der Waals surface area (Å²) in [6, 6.07) is 9.34. The number of nitrogens with two attached hydrogens (primary N) is 1. The van der Waals surface area contributed by atoms with Crippen LogP contribution in [0.1, 0.15) is 34.5 Å². The maximum atomic E-state index is 5.71. The molecule has 2 aromatic rings. The minimum absolute atomic E-state index is 0.470. The zero-order valence-electron chi connectivity index (χ0n) is 11.5. The van der Waals surface area contributed by atoms with Gasteiger partial charge in [-0.15, -0.1) is 11.3 Å². The molecule has 1 aliphatic rings. The highest BCUT2D eigenvalue weighted by Gasteiger charge is 2.25. The van der Waals surface area contributed by atoms with E-state index >= 15 is 0 Å². The molecule has 1 unspecified atom stereocenters. The molecule has 0 saturated heterocycles. The van der Waals surface area contributed by atoms with Crippen molar-refractivity contribution in [1.82, 2.24) is 0 Å². The van der Waals surface area contributed by atoms with Gasteiger partial charge >= 0.3 is 0 Å². The molecule has 2 nitrogen and oxygen atoms in total. The third kappa shape index (κ3) is 2.17. The highest BCUT2D eigenvalue weighted by atomic mass is 32.1. The Hall–Kier alpha value is -1.32. The van der Waals surface area contributed by atoms with Crippen LogP contribution in [0.4, 0.5) is 5.69 Å². The van der Waals surface area contributed by atoms with Crippen molar-refractivity contribution in [2.24, 2.45) is 5.73 Å². The van der Waals surface area contributed by atoms with Crippen LogP contribution in [0.3, 0.4) is 0 Å². The van der Waals surface area contributed by atoms with Crippen LogP contribution >= 0.6 is 11.3 Å². The van der Waals surface area contributed by atoms with Gasteiger partial charge in [-0.25, -0.2) is 0 Å². The Kier molecular flexibility index (Phi) is 3.33. The first-order valence-corrected chi connectivity index (χ1v) is 7.71. The first kappa shape index (κ1) is 12.7. The lowest BCUT2D eigenvalue weighted by Gasteiger charge is -2.36. The summed E-state index contributed by atoms with van der Waals surface area (Å²) in [5.74, 6) is 0. The molecule has 2 heterocycles. The second-order valence-electron chi connectivity index (χ2n) is 5.24. The Morgan fingerprint density at radius 1 is 1.37 bits per heavy atom. The van der Waals surface area contributed by atoms with Gasteiger partial charge in [0.15, 0.2) is 0 Å². The van der Waals surface area contributed by atoms with E-state index in [9.17, 15) is 0 Å². The van der Waals surface area contributed by atoms with Gasteiger partial charge < -0.3 is 10.6 Å². The second kappa shape index (κ2) is 4.99. The number of hydrogen-bond donors (Lipinski definition) is 1. The van der Waals surface area contributed by atoms with Crippen LogP contribution in [-0.2, 0) is 13.0 Å². The molecule has 0 bridgehead atoms. The minimum atomic E-state index is 0.470.